The number of fused-ring (bicyclic) bond motifs is 6. The lowest BCUT2D eigenvalue weighted by molar-refractivity contribution is 0.0224. The number of anilines is 2. The standard InChI is InChI=1S/C36H26N6O7/c37-34(38)41-21-9-5-19(6-10-21)31(43)46-23-13-15-27-29(17-23)48-30-18-24(47-32(44)20-7-11-22(12-8-20)42-35(39)40)14-16-28(30)36(27)26-4-2-1-3-25(26)33(45)49-36/h1-18H,(H4,37,38,41)(H4,39,40,42). The highest BCUT2D eigenvalue weighted by Crippen LogP contribution is 2.57. The van der Waals surface area contributed by atoms with Crippen LogP contribution in [0.3, 0.4) is 0 Å². The third-order valence-electron chi connectivity index (χ3n) is 7.88. The molecule has 2 heterocycles. The van der Waals surface area contributed by atoms with Crippen molar-refractivity contribution >= 4 is 41.2 Å². The lowest BCUT2D eigenvalue weighted by Crippen LogP contribution is -2.33. The predicted octanol–water partition coefficient (Wildman–Crippen LogP) is 5.30. The van der Waals surface area contributed by atoms with Gasteiger partial charge in [0.05, 0.1) is 16.7 Å². The summed E-state index contributed by atoms with van der Waals surface area (Å²) < 4.78 is 23.8. The van der Waals surface area contributed by atoms with E-state index in [1.165, 1.54) is 36.4 Å². The van der Waals surface area contributed by atoms with E-state index in [-0.39, 0.29) is 46.0 Å². The number of benzene rings is 5. The van der Waals surface area contributed by atoms with Crippen LogP contribution in [0.4, 0.5) is 11.4 Å². The second-order valence-corrected chi connectivity index (χ2v) is 11.0. The fourth-order valence-electron chi connectivity index (χ4n) is 5.79. The smallest absolute Gasteiger partial charge is 0.343 e. The van der Waals surface area contributed by atoms with E-state index in [2.05, 4.69) is 10.6 Å². The molecule has 2 aliphatic heterocycles. The fourth-order valence-corrected chi connectivity index (χ4v) is 5.79. The van der Waals surface area contributed by atoms with Crippen LogP contribution in [-0.4, -0.2) is 29.8 Å². The van der Waals surface area contributed by atoms with Crippen LogP contribution in [0.2, 0.25) is 0 Å². The van der Waals surface area contributed by atoms with Gasteiger partial charge in [-0.25, -0.2) is 14.4 Å². The van der Waals surface area contributed by atoms with Gasteiger partial charge in [0, 0.05) is 40.2 Å². The largest absolute Gasteiger partial charge is 0.456 e. The van der Waals surface area contributed by atoms with Crippen molar-refractivity contribution in [1.82, 2.24) is 0 Å². The number of nitrogens with one attached hydrogen (secondary N) is 4. The van der Waals surface area contributed by atoms with Gasteiger partial charge >= 0.3 is 17.9 Å². The summed E-state index contributed by atoms with van der Waals surface area (Å²) in [5.41, 5.74) is 12.9. The first-order chi connectivity index (χ1) is 23.6. The van der Waals surface area contributed by atoms with Crippen LogP contribution in [0, 0.1) is 10.8 Å². The molecule has 0 amide bonds. The molecule has 49 heavy (non-hydrogen) atoms. The van der Waals surface area contributed by atoms with Crippen molar-refractivity contribution < 1.29 is 33.3 Å². The first-order valence-electron chi connectivity index (χ1n) is 14.8. The Morgan fingerprint density at radius 2 is 1.10 bits per heavy atom. The van der Waals surface area contributed by atoms with Gasteiger partial charge in [0.15, 0.2) is 17.5 Å². The number of nitrogens with two attached hydrogens (primary N) is 2. The molecule has 5 aromatic rings. The molecule has 0 aromatic heterocycles. The maximum absolute atomic E-state index is 13.2. The van der Waals surface area contributed by atoms with Crippen molar-refractivity contribution in [3.05, 3.63) is 143 Å². The number of rotatable bonds is 6. The minimum absolute atomic E-state index is 0.163. The normalized spacial score (nSPS) is 15.1. The Morgan fingerprint density at radius 1 is 0.633 bits per heavy atom. The van der Waals surface area contributed by atoms with Crippen molar-refractivity contribution in [2.45, 2.75) is 5.60 Å². The molecule has 13 heteroatoms. The van der Waals surface area contributed by atoms with E-state index in [4.69, 9.17) is 41.2 Å². The first kappa shape index (κ1) is 30.5. The Bertz CT molecular complexity index is 2080. The molecule has 7 rings (SSSR count). The summed E-state index contributed by atoms with van der Waals surface area (Å²) >= 11 is 0. The van der Waals surface area contributed by atoms with Gasteiger partial charge in [0.2, 0.25) is 0 Å². The Kier molecular flexibility index (Phi) is 7.40. The molecular formula is C36H26N6O7. The summed E-state index contributed by atoms with van der Waals surface area (Å²) in [5.74, 6) is -1.45. The molecule has 0 radical (unpaired) electrons. The molecule has 0 unspecified atom stereocenters. The van der Waals surface area contributed by atoms with Crippen LogP contribution >= 0.6 is 0 Å². The van der Waals surface area contributed by atoms with Gasteiger partial charge < -0.3 is 41.0 Å². The molecule has 8 N–H and O–H groups in total. The summed E-state index contributed by atoms with van der Waals surface area (Å²) in [5, 5.41) is 20.0. The number of hydrogen-bond acceptors (Lipinski definition) is 9. The topological polar surface area (TPSA) is 212 Å². The van der Waals surface area contributed by atoms with E-state index in [0.717, 1.165) is 0 Å². The van der Waals surface area contributed by atoms with Crippen molar-refractivity contribution in [3.63, 3.8) is 0 Å². The summed E-state index contributed by atoms with van der Waals surface area (Å²) in [6.45, 7) is 0. The van der Waals surface area contributed by atoms with Gasteiger partial charge in [-0.1, -0.05) is 18.2 Å². The molecule has 0 bridgehead atoms. The van der Waals surface area contributed by atoms with Crippen LogP contribution in [0.1, 0.15) is 47.8 Å². The minimum Gasteiger partial charge on any atom is -0.456 e. The summed E-state index contributed by atoms with van der Waals surface area (Å²) in [6.07, 6.45) is 0. The van der Waals surface area contributed by atoms with E-state index >= 15 is 0 Å². The van der Waals surface area contributed by atoms with E-state index < -0.39 is 23.5 Å². The summed E-state index contributed by atoms with van der Waals surface area (Å²) in [4.78, 5) is 39.2. The number of carbonyl (C=O) groups excluding carboxylic acids is 3. The maximum atomic E-state index is 13.2. The Labute approximate surface area is 278 Å². The highest BCUT2D eigenvalue weighted by molar-refractivity contribution is 5.98. The number of esters is 3. The van der Waals surface area contributed by atoms with Gasteiger partial charge in [0.25, 0.3) is 0 Å². The van der Waals surface area contributed by atoms with Crippen LogP contribution in [0.5, 0.6) is 23.0 Å². The molecule has 1 spiro atoms. The Morgan fingerprint density at radius 3 is 1.57 bits per heavy atom. The van der Waals surface area contributed by atoms with Crippen molar-refractivity contribution in [3.8, 4) is 23.0 Å². The van der Waals surface area contributed by atoms with E-state index in [9.17, 15) is 14.4 Å². The average molecular weight is 655 g/mol. The molecule has 2 aliphatic rings. The molecule has 0 aliphatic carbocycles. The maximum Gasteiger partial charge on any atom is 0.343 e. The average Bonchev–Trinajstić information content (AvgIpc) is 3.37. The zero-order valence-electron chi connectivity index (χ0n) is 25.4. The van der Waals surface area contributed by atoms with Crippen molar-refractivity contribution in [2.75, 3.05) is 10.6 Å². The molecule has 5 aromatic carbocycles. The van der Waals surface area contributed by atoms with Crippen molar-refractivity contribution in [2.24, 2.45) is 11.5 Å². The highest BCUT2D eigenvalue weighted by atomic mass is 16.6. The van der Waals surface area contributed by atoms with Crippen LogP contribution in [-0.2, 0) is 10.3 Å². The van der Waals surface area contributed by atoms with Gasteiger partial charge in [-0.3, -0.25) is 10.8 Å². The third-order valence-corrected chi connectivity index (χ3v) is 7.88. The van der Waals surface area contributed by atoms with Crippen molar-refractivity contribution in [1.29, 1.82) is 10.8 Å². The molecule has 242 valence electrons. The van der Waals surface area contributed by atoms with Gasteiger partial charge in [-0.15, -0.1) is 0 Å². The second kappa shape index (κ2) is 11.9. The van der Waals surface area contributed by atoms with Crippen LogP contribution in [0.15, 0.2) is 109 Å². The fraction of sp³-hybridized carbons (Fsp3) is 0.0278. The molecule has 0 fully saturated rings. The summed E-state index contributed by atoms with van der Waals surface area (Å²) in [6, 6.07) is 29.1. The lowest BCUT2D eigenvalue weighted by atomic mass is 9.77. The number of guanidine groups is 2. The zero-order chi connectivity index (χ0) is 34.3. The zero-order valence-corrected chi connectivity index (χ0v) is 25.4. The lowest BCUT2D eigenvalue weighted by Gasteiger charge is -2.36. The Balaban J connectivity index is 1.22. The number of ether oxygens (including phenoxy) is 4. The molecular weight excluding hydrogens is 628 g/mol. The molecule has 13 nitrogen and oxygen atoms in total. The van der Waals surface area contributed by atoms with E-state index in [1.54, 1.807) is 72.8 Å². The predicted molar refractivity (Wildman–Crippen MR) is 179 cm³/mol. The van der Waals surface area contributed by atoms with Gasteiger partial charge in [0.1, 0.15) is 23.0 Å². The highest BCUT2D eigenvalue weighted by Gasteiger charge is 2.53. The quantitative estimate of drug-likeness (QED) is 0.0598. The van der Waals surface area contributed by atoms with E-state index in [0.29, 0.717) is 33.6 Å². The van der Waals surface area contributed by atoms with Crippen LogP contribution in [0.25, 0.3) is 0 Å². The van der Waals surface area contributed by atoms with E-state index in [1.807, 2.05) is 0 Å². The third kappa shape index (κ3) is 5.61. The molecule has 0 atom stereocenters. The summed E-state index contributed by atoms with van der Waals surface area (Å²) in [7, 11) is 0. The Hall–Kier alpha value is -7.15. The number of carbonyl (C=O) groups is 3. The monoisotopic (exact) mass is 654 g/mol. The molecule has 0 saturated heterocycles. The van der Waals surface area contributed by atoms with Crippen LogP contribution < -0.4 is 36.3 Å². The molecule has 0 saturated carbocycles. The minimum atomic E-state index is -1.40. The SMILES string of the molecule is N=C(N)Nc1ccc(C(=O)Oc2ccc3c(c2)Oc2cc(OC(=O)c4ccc(NC(=N)N)cc4)ccc2C32OC(=O)c3ccccc32)cc1. The van der Waals surface area contributed by atoms with Gasteiger partial charge in [-0.05, 0) is 78.9 Å². The first-order valence-corrected chi connectivity index (χ1v) is 14.8. The van der Waals surface area contributed by atoms with Gasteiger partial charge in [-0.2, -0.15) is 0 Å². The number of hydrogen-bond donors (Lipinski definition) is 6. The second-order valence-electron chi connectivity index (χ2n) is 11.0.